The van der Waals surface area contributed by atoms with Crippen LogP contribution in [-0.4, -0.2) is 12.2 Å². The fourth-order valence-electron chi connectivity index (χ4n) is 1.61. The molecule has 0 spiro atoms. The van der Waals surface area contributed by atoms with Crippen LogP contribution in [0.3, 0.4) is 0 Å². The molecule has 1 heterocycles. The van der Waals surface area contributed by atoms with E-state index < -0.39 is 12.2 Å². The molecular weight excluding hydrogens is 193 g/mol. The molecule has 3 N–H and O–H groups in total. The monoisotopic (exact) mass is 202 g/mol. The van der Waals surface area contributed by atoms with Crippen molar-refractivity contribution in [3.05, 3.63) is 23.8 Å². The van der Waals surface area contributed by atoms with Crippen molar-refractivity contribution in [3.8, 4) is 0 Å². The van der Waals surface area contributed by atoms with Gasteiger partial charge in [-0.15, -0.1) is 0 Å². The van der Waals surface area contributed by atoms with Gasteiger partial charge in [-0.25, -0.2) is 0 Å². The molecule has 2 nitrogen and oxygen atoms in total. The van der Waals surface area contributed by atoms with Gasteiger partial charge in [0.25, 0.3) is 0 Å². The molecule has 14 heavy (non-hydrogen) atoms. The third-order valence-corrected chi connectivity index (χ3v) is 2.32. The van der Waals surface area contributed by atoms with Crippen LogP contribution >= 0.6 is 0 Å². The highest BCUT2D eigenvalue weighted by molar-refractivity contribution is 5.73. The Morgan fingerprint density at radius 2 is 2.07 bits per heavy atom. The Morgan fingerprint density at radius 3 is 2.64 bits per heavy atom. The van der Waals surface area contributed by atoms with E-state index in [1.54, 1.807) is 18.2 Å². The van der Waals surface area contributed by atoms with E-state index in [2.05, 4.69) is 5.32 Å². The number of halogens is 3. The van der Waals surface area contributed by atoms with Gasteiger partial charge in [0.2, 0.25) is 0 Å². The highest BCUT2D eigenvalue weighted by Crippen LogP contribution is 2.37. The van der Waals surface area contributed by atoms with Crippen molar-refractivity contribution in [2.24, 2.45) is 0 Å². The zero-order valence-electron chi connectivity index (χ0n) is 7.23. The van der Waals surface area contributed by atoms with Gasteiger partial charge in [0, 0.05) is 6.42 Å². The van der Waals surface area contributed by atoms with Crippen molar-refractivity contribution in [2.45, 2.75) is 18.6 Å². The number of benzene rings is 1. The maximum atomic E-state index is 12.4. The molecule has 0 bridgehead atoms. The maximum Gasteiger partial charge on any atom is 0.408 e. The van der Waals surface area contributed by atoms with Crippen molar-refractivity contribution in [1.82, 2.24) is 0 Å². The lowest BCUT2D eigenvalue weighted by molar-refractivity contribution is -0.140. The molecule has 0 aliphatic carbocycles. The molecule has 1 aliphatic heterocycles. The van der Waals surface area contributed by atoms with Crippen molar-refractivity contribution in [1.29, 1.82) is 0 Å². The maximum absolute atomic E-state index is 12.4. The Hall–Kier alpha value is -1.39. The first kappa shape index (κ1) is 9.18. The Morgan fingerprint density at radius 1 is 1.36 bits per heavy atom. The number of nitrogens with two attached hydrogens (primary N) is 1. The smallest absolute Gasteiger partial charge is 0.397 e. The van der Waals surface area contributed by atoms with Gasteiger partial charge >= 0.3 is 6.18 Å². The molecule has 5 heteroatoms. The van der Waals surface area contributed by atoms with Crippen LogP contribution in [0.15, 0.2) is 18.2 Å². The summed E-state index contributed by atoms with van der Waals surface area (Å²) in [6, 6.07) is 3.41. The minimum absolute atomic E-state index is 0.0378. The highest BCUT2D eigenvalue weighted by atomic mass is 19.4. The molecule has 76 valence electrons. The predicted molar refractivity (Wildman–Crippen MR) is 48.0 cm³/mol. The van der Waals surface area contributed by atoms with Gasteiger partial charge in [-0.3, -0.25) is 0 Å². The molecule has 1 atom stereocenters. The van der Waals surface area contributed by atoms with Crippen molar-refractivity contribution in [2.75, 3.05) is 11.1 Å². The molecule has 1 aromatic rings. The largest absolute Gasteiger partial charge is 0.408 e. The number of alkyl halides is 3. The minimum atomic E-state index is -4.22. The van der Waals surface area contributed by atoms with Gasteiger partial charge in [0.15, 0.2) is 0 Å². The zero-order chi connectivity index (χ0) is 10.3. The molecular formula is C9H9F3N2. The third-order valence-electron chi connectivity index (χ3n) is 2.32. The quantitative estimate of drug-likeness (QED) is 0.633. The topological polar surface area (TPSA) is 38.0 Å². The summed E-state index contributed by atoms with van der Waals surface area (Å²) in [7, 11) is 0. The van der Waals surface area contributed by atoms with Crippen molar-refractivity contribution in [3.63, 3.8) is 0 Å². The third kappa shape index (κ3) is 1.38. The lowest BCUT2D eigenvalue weighted by Crippen LogP contribution is -2.34. The van der Waals surface area contributed by atoms with Crippen molar-refractivity contribution < 1.29 is 13.2 Å². The molecule has 0 saturated heterocycles. The lowest BCUT2D eigenvalue weighted by atomic mass is 10.1. The number of fused-ring (bicyclic) bond motifs is 1. The fourth-order valence-corrected chi connectivity index (χ4v) is 1.61. The van der Waals surface area contributed by atoms with E-state index in [1.165, 1.54) is 0 Å². The van der Waals surface area contributed by atoms with E-state index in [0.29, 0.717) is 16.9 Å². The second-order valence-corrected chi connectivity index (χ2v) is 3.32. The molecule has 0 aromatic heterocycles. The summed E-state index contributed by atoms with van der Waals surface area (Å²) in [5.74, 6) is 0. The van der Waals surface area contributed by atoms with Crippen LogP contribution in [-0.2, 0) is 6.42 Å². The van der Waals surface area contributed by atoms with E-state index in [1.807, 2.05) is 0 Å². The highest BCUT2D eigenvalue weighted by Gasteiger charge is 2.43. The van der Waals surface area contributed by atoms with Crippen LogP contribution in [0, 0.1) is 0 Å². The summed E-state index contributed by atoms with van der Waals surface area (Å²) in [5, 5.41) is 2.39. The standard InChI is InChI=1S/C9H9F3N2/c10-9(11,12)7-4-5-2-1-3-6(13)8(5)14-7/h1-3,7,14H,4,13H2. The fraction of sp³-hybridized carbons (Fsp3) is 0.333. The number of hydrogen-bond donors (Lipinski definition) is 2. The van der Waals surface area contributed by atoms with Crippen LogP contribution in [0.25, 0.3) is 0 Å². The molecule has 0 fully saturated rings. The number of para-hydroxylation sites is 1. The van der Waals surface area contributed by atoms with Crippen molar-refractivity contribution >= 4 is 11.4 Å². The molecule has 1 aromatic carbocycles. The molecule has 1 unspecified atom stereocenters. The predicted octanol–water partition coefficient (Wildman–Crippen LogP) is 2.17. The zero-order valence-corrected chi connectivity index (χ0v) is 7.23. The number of anilines is 2. The van der Waals surface area contributed by atoms with Crippen LogP contribution < -0.4 is 11.1 Å². The Bertz CT molecular complexity index is 360. The summed E-state index contributed by atoms with van der Waals surface area (Å²) >= 11 is 0. The Labute approximate surface area is 78.9 Å². The van der Waals surface area contributed by atoms with E-state index in [0.717, 1.165) is 0 Å². The van der Waals surface area contributed by atoms with Gasteiger partial charge in [-0.05, 0) is 11.6 Å². The van der Waals surface area contributed by atoms with Gasteiger partial charge in [0.1, 0.15) is 6.04 Å². The minimum Gasteiger partial charge on any atom is -0.397 e. The number of nitrogens with one attached hydrogen (secondary N) is 1. The lowest BCUT2D eigenvalue weighted by Gasteiger charge is -2.15. The van der Waals surface area contributed by atoms with E-state index in [9.17, 15) is 13.2 Å². The van der Waals surface area contributed by atoms with Gasteiger partial charge in [-0.2, -0.15) is 13.2 Å². The number of hydrogen-bond acceptors (Lipinski definition) is 2. The first-order valence-electron chi connectivity index (χ1n) is 4.19. The summed E-state index contributed by atoms with van der Waals surface area (Å²) in [6.07, 6.45) is -4.25. The molecule has 0 radical (unpaired) electrons. The van der Waals surface area contributed by atoms with Crippen LogP contribution in [0.4, 0.5) is 24.5 Å². The average molecular weight is 202 g/mol. The summed E-state index contributed by atoms with van der Waals surface area (Å²) in [4.78, 5) is 0. The molecule has 0 amide bonds. The van der Waals surface area contributed by atoms with Crippen LogP contribution in [0.5, 0.6) is 0 Å². The van der Waals surface area contributed by atoms with E-state index in [4.69, 9.17) is 5.73 Å². The average Bonchev–Trinajstić information content (AvgIpc) is 2.48. The normalized spacial score (nSPS) is 20.4. The second kappa shape index (κ2) is 2.80. The SMILES string of the molecule is Nc1cccc2c1NC(C(F)(F)F)C2. The van der Waals surface area contributed by atoms with E-state index >= 15 is 0 Å². The van der Waals surface area contributed by atoms with Crippen LogP contribution in [0.1, 0.15) is 5.56 Å². The summed E-state index contributed by atoms with van der Waals surface area (Å²) in [5.41, 5.74) is 6.97. The summed E-state index contributed by atoms with van der Waals surface area (Å²) in [6.45, 7) is 0. The first-order valence-corrected chi connectivity index (χ1v) is 4.19. The van der Waals surface area contributed by atoms with Crippen LogP contribution in [0.2, 0.25) is 0 Å². The van der Waals surface area contributed by atoms with Gasteiger partial charge < -0.3 is 11.1 Å². The number of nitrogen functional groups attached to an aromatic ring is 1. The Kier molecular flexibility index (Phi) is 1.83. The van der Waals surface area contributed by atoms with Gasteiger partial charge in [0.05, 0.1) is 11.4 Å². The molecule has 1 aliphatic rings. The molecule has 2 rings (SSSR count). The molecule has 0 saturated carbocycles. The Balaban J connectivity index is 2.31. The second-order valence-electron chi connectivity index (χ2n) is 3.32. The summed E-state index contributed by atoms with van der Waals surface area (Å²) < 4.78 is 37.1. The van der Waals surface area contributed by atoms with E-state index in [-0.39, 0.29) is 6.42 Å². The van der Waals surface area contributed by atoms with Gasteiger partial charge in [-0.1, -0.05) is 12.1 Å². The first-order chi connectivity index (χ1) is 6.48. The number of rotatable bonds is 0.